The van der Waals surface area contributed by atoms with Gasteiger partial charge in [-0.2, -0.15) is 0 Å². The molecule has 6 nitrogen and oxygen atoms in total. The molecule has 0 heterocycles. The topological polar surface area (TPSA) is 78.9 Å². The van der Waals surface area contributed by atoms with E-state index in [1.54, 1.807) is 0 Å². The molecule has 8 unspecified atom stereocenters. The van der Waals surface area contributed by atoms with Crippen LogP contribution in [-0.4, -0.2) is 36.2 Å². The molecule has 4 saturated carbocycles. The molecule has 4 rings (SSSR count). The van der Waals surface area contributed by atoms with Gasteiger partial charge < -0.3 is 14.2 Å². The number of esters is 3. The zero-order valence-corrected chi connectivity index (χ0v) is 28.0. The Labute approximate surface area is 255 Å². The van der Waals surface area contributed by atoms with E-state index in [4.69, 9.17) is 14.2 Å². The molecule has 0 bridgehead atoms. The van der Waals surface area contributed by atoms with Gasteiger partial charge in [0.25, 0.3) is 0 Å². The summed E-state index contributed by atoms with van der Waals surface area (Å²) in [5, 5.41) is 0. The minimum absolute atomic E-state index is 0.00224. The van der Waals surface area contributed by atoms with E-state index in [1.165, 1.54) is 44.9 Å². The first-order chi connectivity index (χ1) is 19.7. The first kappa shape index (κ1) is 33.3. The van der Waals surface area contributed by atoms with Crippen molar-refractivity contribution in [3.05, 3.63) is 0 Å². The average molecular weight is 589 g/mol. The Morgan fingerprint density at radius 1 is 0.857 bits per heavy atom. The second-order valence-electron chi connectivity index (χ2n) is 16.1. The van der Waals surface area contributed by atoms with Gasteiger partial charge in [-0.25, -0.2) is 0 Å². The summed E-state index contributed by atoms with van der Waals surface area (Å²) < 4.78 is 16.7. The summed E-state index contributed by atoms with van der Waals surface area (Å²) in [4.78, 5) is 36.9. The number of carbonyl (C=O) groups excluding carboxylic acids is 3. The Morgan fingerprint density at radius 2 is 1.55 bits per heavy atom. The molecule has 4 fully saturated rings. The second kappa shape index (κ2) is 13.2. The van der Waals surface area contributed by atoms with Crippen molar-refractivity contribution in [3.63, 3.8) is 0 Å². The summed E-state index contributed by atoms with van der Waals surface area (Å²) in [7, 11) is 0. The van der Waals surface area contributed by atoms with Crippen LogP contribution in [0.4, 0.5) is 0 Å². The standard InChI is InChI=1S/C36H60O6/c1-9-23(2)33(39)41-26-16-19-35(7)25(22-26)11-12-27-29-14-13-28(36(29,8)20-17-30(27)35)24(3)10-15-31(37)40-21-18-32(38)42-34(4,5)6/h23-30H,9-22H2,1-8H3/t23?,24?,25?,26?,27?,28?,29?,30?,35-,36+/m0/s1. The molecule has 0 aliphatic heterocycles. The predicted octanol–water partition coefficient (Wildman–Crippen LogP) is 8.29. The fourth-order valence-corrected chi connectivity index (χ4v) is 10.0. The highest BCUT2D eigenvalue weighted by Gasteiger charge is 2.60. The van der Waals surface area contributed by atoms with Crippen LogP contribution in [0.3, 0.4) is 0 Å². The fraction of sp³-hybridized carbons (Fsp3) is 0.917. The van der Waals surface area contributed by atoms with Crippen LogP contribution in [-0.2, 0) is 28.6 Å². The van der Waals surface area contributed by atoms with E-state index in [2.05, 4.69) is 27.7 Å². The number of hydrogen-bond donors (Lipinski definition) is 0. The second-order valence-corrected chi connectivity index (χ2v) is 16.1. The third-order valence-corrected chi connectivity index (χ3v) is 12.5. The van der Waals surface area contributed by atoms with Crippen molar-refractivity contribution < 1.29 is 28.6 Å². The van der Waals surface area contributed by atoms with Crippen molar-refractivity contribution in [1.82, 2.24) is 0 Å². The quantitative estimate of drug-likeness (QED) is 0.189. The summed E-state index contributed by atoms with van der Waals surface area (Å²) in [5.74, 6) is 3.64. The van der Waals surface area contributed by atoms with Gasteiger partial charge in [0.05, 0.1) is 12.3 Å². The van der Waals surface area contributed by atoms with Gasteiger partial charge in [0.15, 0.2) is 0 Å². The molecule has 240 valence electrons. The first-order valence-electron chi connectivity index (χ1n) is 17.3. The number of carbonyl (C=O) groups is 3. The van der Waals surface area contributed by atoms with E-state index in [1.807, 2.05) is 27.7 Å². The molecule has 0 aromatic heterocycles. The summed E-state index contributed by atoms with van der Waals surface area (Å²) in [6.45, 7) is 17.1. The average Bonchev–Trinajstić information content (AvgIpc) is 3.27. The Morgan fingerprint density at radius 3 is 2.24 bits per heavy atom. The van der Waals surface area contributed by atoms with Crippen LogP contribution < -0.4 is 0 Å². The van der Waals surface area contributed by atoms with Crippen LogP contribution in [0, 0.1) is 52.3 Å². The van der Waals surface area contributed by atoms with Crippen molar-refractivity contribution in [3.8, 4) is 0 Å². The Hall–Kier alpha value is -1.59. The highest BCUT2D eigenvalue weighted by Crippen LogP contribution is 2.68. The SMILES string of the molecule is CCC(C)C(=O)OC1CC[C@@]2(C)C(CCC3C4CCC(C(C)CCC(=O)OCCC(=O)OC(C)(C)C)[C@@]4(C)CCC32)C1. The van der Waals surface area contributed by atoms with Crippen molar-refractivity contribution in [2.24, 2.45) is 52.3 Å². The van der Waals surface area contributed by atoms with Gasteiger partial charge in [-0.15, -0.1) is 0 Å². The lowest BCUT2D eigenvalue weighted by atomic mass is 9.44. The van der Waals surface area contributed by atoms with E-state index >= 15 is 0 Å². The Bertz CT molecular complexity index is 968. The predicted molar refractivity (Wildman–Crippen MR) is 164 cm³/mol. The number of hydrogen-bond acceptors (Lipinski definition) is 6. The van der Waals surface area contributed by atoms with Crippen molar-refractivity contribution >= 4 is 17.9 Å². The first-order valence-corrected chi connectivity index (χ1v) is 17.3. The van der Waals surface area contributed by atoms with E-state index < -0.39 is 5.60 Å². The zero-order valence-electron chi connectivity index (χ0n) is 28.0. The van der Waals surface area contributed by atoms with Crippen LogP contribution in [0.5, 0.6) is 0 Å². The lowest BCUT2D eigenvalue weighted by Gasteiger charge is -2.61. The van der Waals surface area contributed by atoms with Crippen LogP contribution >= 0.6 is 0 Å². The van der Waals surface area contributed by atoms with Gasteiger partial charge in [-0.05, 0) is 138 Å². The highest BCUT2D eigenvalue weighted by molar-refractivity contribution is 5.72. The summed E-state index contributed by atoms with van der Waals surface area (Å²) in [6, 6.07) is 0. The minimum atomic E-state index is -0.523. The van der Waals surface area contributed by atoms with E-state index in [0.717, 1.165) is 43.4 Å². The molecule has 0 radical (unpaired) electrons. The summed E-state index contributed by atoms with van der Waals surface area (Å²) in [5.41, 5.74) is 0.203. The molecule has 0 N–H and O–H groups in total. The summed E-state index contributed by atoms with van der Waals surface area (Å²) in [6.07, 6.45) is 13.4. The van der Waals surface area contributed by atoms with Gasteiger partial charge in [0, 0.05) is 6.42 Å². The van der Waals surface area contributed by atoms with Crippen molar-refractivity contribution in [2.45, 2.75) is 151 Å². The monoisotopic (exact) mass is 588 g/mol. The molecule has 4 aliphatic rings. The maximum atomic E-state index is 12.5. The molecule has 42 heavy (non-hydrogen) atoms. The molecule has 0 saturated heterocycles. The van der Waals surface area contributed by atoms with Gasteiger partial charge in [0.1, 0.15) is 18.3 Å². The summed E-state index contributed by atoms with van der Waals surface area (Å²) >= 11 is 0. The van der Waals surface area contributed by atoms with E-state index in [9.17, 15) is 14.4 Å². The normalized spacial score (nSPS) is 37.4. The molecular formula is C36H60O6. The van der Waals surface area contributed by atoms with Crippen LogP contribution in [0.1, 0.15) is 139 Å². The lowest BCUT2D eigenvalue weighted by molar-refractivity contribution is -0.166. The smallest absolute Gasteiger partial charge is 0.309 e. The number of fused-ring (bicyclic) bond motifs is 5. The number of rotatable bonds is 10. The zero-order chi connectivity index (χ0) is 30.9. The van der Waals surface area contributed by atoms with Gasteiger partial charge in [-0.1, -0.05) is 34.6 Å². The molecule has 0 spiro atoms. The molecule has 6 heteroatoms. The van der Waals surface area contributed by atoms with E-state index in [-0.39, 0.29) is 43.0 Å². The molecule has 0 amide bonds. The largest absolute Gasteiger partial charge is 0.465 e. The minimum Gasteiger partial charge on any atom is -0.465 e. The van der Waals surface area contributed by atoms with E-state index in [0.29, 0.717) is 35.0 Å². The van der Waals surface area contributed by atoms with Crippen molar-refractivity contribution in [1.29, 1.82) is 0 Å². The molecule has 4 aliphatic carbocycles. The maximum Gasteiger partial charge on any atom is 0.309 e. The maximum absolute atomic E-state index is 12.5. The molecule has 0 aromatic carbocycles. The molecule has 10 atom stereocenters. The van der Waals surface area contributed by atoms with Crippen LogP contribution in [0.25, 0.3) is 0 Å². The Balaban J connectivity index is 1.28. The highest BCUT2D eigenvalue weighted by atomic mass is 16.6. The van der Waals surface area contributed by atoms with Crippen LogP contribution in [0.15, 0.2) is 0 Å². The third kappa shape index (κ3) is 7.20. The fourth-order valence-electron chi connectivity index (χ4n) is 10.0. The third-order valence-electron chi connectivity index (χ3n) is 12.5. The molecular weight excluding hydrogens is 528 g/mol. The van der Waals surface area contributed by atoms with Gasteiger partial charge >= 0.3 is 17.9 Å². The van der Waals surface area contributed by atoms with Crippen molar-refractivity contribution in [2.75, 3.05) is 6.61 Å². The molecule has 0 aromatic rings. The van der Waals surface area contributed by atoms with Gasteiger partial charge in [0.2, 0.25) is 0 Å². The van der Waals surface area contributed by atoms with Gasteiger partial charge in [-0.3, -0.25) is 14.4 Å². The lowest BCUT2D eigenvalue weighted by Crippen LogP contribution is -2.54. The number of ether oxygens (including phenoxy) is 3. The Kier molecular flexibility index (Phi) is 10.5. The van der Waals surface area contributed by atoms with Crippen LogP contribution in [0.2, 0.25) is 0 Å².